The van der Waals surface area contributed by atoms with Crippen molar-refractivity contribution in [2.75, 3.05) is 0 Å². The molecule has 0 unspecified atom stereocenters. The molecule has 0 heterocycles. The van der Waals surface area contributed by atoms with Gasteiger partial charge in [0.15, 0.2) is 0 Å². The molecule has 0 amide bonds. The molecule has 0 bridgehead atoms. The van der Waals surface area contributed by atoms with Crippen LogP contribution in [-0.2, 0) is 4.79 Å². The van der Waals surface area contributed by atoms with Gasteiger partial charge in [-0.15, -0.1) is 0 Å². The third-order valence-electron chi connectivity index (χ3n) is 3.31. The van der Waals surface area contributed by atoms with Crippen molar-refractivity contribution in [1.82, 2.24) is 0 Å². The van der Waals surface area contributed by atoms with Crippen molar-refractivity contribution in [3.05, 3.63) is 29.8 Å². The van der Waals surface area contributed by atoms with Gasteiger partial charge in [-0.25, -0.2) is 0 Å². The van der Waals surface area contributed by atoms with Gasteiger partial charge in [0, 0.05) is 0 Å². The summed E-state index contributed by atoms with van der Waals surface area (Å²) in [6.07, 6.45) is 2.99. The Morgan fingerprint density at radius 2 is 1.83 bits per heavy atom. The third-order valence-corrected chi connectivity index (χ3v) is 3.31. The standard InChI is InChI=1S/C14H15NO3/c15-9-10-1-5-12(6-2-10)18-13-7-3-11(4-8-13)14(16)17/h1-2,5-6,11,13H,3-4,7-8H2,(H,16,17)/t11-,13-. The van der Waals surface area contributed by atoms with Crippen LogP contribution in [-0.4, -0.2) is 17.2 Å². The van der Waals surface area contributed by atoms with Crippen molar-refractivity contribution in [3.63, 3.8) is 0 Å². The number of carboxylic acid groups (broad SMARTS) is 1. The minimum atomic E-state index is -0.702. The summed E-state index contributed by atoms with van der Waals surface area (Å²) in [5.41, 5.74) is 0.608. The quantitative estimate of drug-likeness (QED) is 0.888. The number of nitriles is 1. The number of aliphatic carboxylic acids is 1. The first kappa shape index (κ1) is 12.4. The van der Waals surface area contributed by atoms with Crippen LogP contribution in [0.2, 0.25) is 0 Å². The van der Waals surface area contributed by atoms with Crippen LogP contribution >= 0.6 is 0 Å². The van der Waals surface area contributed by atoms with Gasteiger partial charge in [0.1, 0.15) is 5.75 Å². The zero-order valence-corrected chi connectivity index (χ0v) is 10.0. The third kappa shape index (κ3) is 3.01. The molecule has 0 aromatic heterocycles. The van der Waals surface area contributed by atoms with Gasteiger partial charge in [-0.05, 0) is 49.9 Å². The number of carboxylic acids is 1. The van der Waals surface area contributed by atoms with Crippen LogP contribution in [0.3, 0.4) is 0 Å². The van der Waals surface area contributed by atoms with E-state index in [0.717, 1.165) is 18.6 Å². The Bertz CT molecular complexity index is 453. The molecular weight excluding hydrogens is 230 g/mol. The first-order valence-corrected chi connectivity index (χ1v) is 6.08. The topological polar surface area (TPSA) is 70.3 Å². The van der Waals surface area contributed by atoms with E-state index in [-0.39, 0.29) is 12.0 Å². The normalized spacial score (nSPS) is 23.1. The van der Waals surface area contributed by atoms with Gasteiger partial charge in [0.2, 0.25) is 0 Å². The predicted molar refractivity (Wildman–Crippen MR) is 65.2 cm³/mol. The summed E-state index contributed by atoms with van der Waals surface area (Å²) >= 11 is 0. The van der Waals surface area contributed by atoms with Crippen LogP contribution in [0.15, 0.2) is 24.3 Å². The van der Waals surface area contributed by atoms with E-state index in [0.29, 0.717) is 18.4 Å². The second-order valence-corrected chi connectivity index (χ2v) is 4.57. The summed E-state index contributed by atoms with van der Waals surface area (Å²) in [6, 6.07) is 9.06. The van der Waals surface area contributed by atoms with Crippen LogP contribution in [0, 0.1) is 17.2 Å². The average molecular weight is 245 g/mol. The van der Waals surface area contributed by atoms with Crippen molar-refractivity contribution in [1.29, 1.82) is 5.26 Å². The van der Waals surface area contributed by atoms with Gasteiger partial charge in [0.25, 0.3) is 0 Å². The Hall–Kier alpha value is -2.02. The maximum atomic E-state index is 10.8. The van der Waals surface area contributed by atoms with Crippen molar-refractivity contribution in [2.24, 2.45) is 5.92 Å². The fourth-order valence-corrected chi connectivity index (χ4v) is 2.23. The van der Waals surface area contributed by atoms with Gasteiger partial charge < -0.3 is 9.84 Å². The van der Waals surface area contributed by atoms with Crippen LogP contribution < -0.4 is 4.74 Å². The highest BCUT2D eigenvalue weighted by Crippen LogP contribution is 2.27. The summed E-state index contributed by atoms with van der Waals surface area (Å²) in [4.78, 5) is 10.8. The van der Waals surface area contributed by atoms with E-state index in [2.05, 4.69) is 6.07 Å². The van der Waals surface area contributed by atoms with Gasteiger partial charge in [0.05, 0.1) is 23.7 Å². The van der Waals surface area contributed by atoms with Gasteiger partial charge in [-0.3, -0.25) is 4.79 Å². The molecule has 0 radical (unpaired) electrons. The molecule has 1 N–H and O–H groups in total. The van der Waals surface area contributed by atoms with Gasteiger partial charge in [-0.1, -0.05) is 0 Å². The summed E-state index contributed by atoms with van der Waals surface area (Å²) < 4.78 is 5.78. The maximum Gasteiger partial charge on any atom is 0.306 e. The second kappa shape index (κ2) is 5.54. The molecule has 1 aliphatic rings. The van der Waals surface area contributed by atoms with E-state index in [1.54, 1.807) is 24.3 Å². The van der Waals surface area contributed by atoms with E-state index in [1.807, 2.05) is 0 Å². The average Bonchev–Trinajstić information content (AvgIpc) is 2.40. The van der Waals surface area contributed by atoms with Crippen LogP contribution in [0.4, 0.5) is 0 Å². The van der Waals surface area contributed by atoms with E-state index >= 15 is 0 Å². The fraction of sp³-hybridized carbons (Fsp3) is 0.429. The van der Waals surface area contributed by atoms with E-state index in [4.69, 9.17) is 15.1 Å². The molecule has 2 rings (SSSR count). The molecule has 4 nitrogen and oxygen atoms in total. The minimum absolute atomic E-state index is 0.0912. The summed E-state index contributed by atoms with van der Waals surface area (Å²) in [5, 5.41) is 17.6. The van der Waals surface area contributed by atoms with Crippen LogP contribution in [0.5, 0.6) is 5.75 Å². The molecule has 1 fully saturated rings. The Kier molecular flexibility index (Phi) is 3.83. The second-order valence-electron chi connectivity index (χ2n) is 4.57. The smallest absolute Gasteiger partial charge is 0.306 e. The lowest BCUT2D eigenvalue weighted by Crippen LogP contribution is -2.27. The predicted octanol–water partition coefficient (Wildman–Crippen LogP) is 2.58. The molecule has 0 atom stereocenters. The zero-order chi connectivity index (χ0) is 13.0. The molecule has 0 aliphatic heterocycles. The lowest BCUT2D eigenvalue weighted by Gasteiger charge is -2.26. The molecule has 94 valence electrons. The molecule has 18 heavy (non-hydrogen) atoms. The molecule has 0 spiro atoms. The van der Waals surface area contributed by atoms with Crippen molar-refractivity contribution in [3.8, 4) is 11.8 Å². The number of benzene rings is 1. The zero-order valence-electron chi connectivity index (χ0n) is 10.0. The SMILES string of the molecule is N#Cc1ccc(O[C@H]2CC[C@H](C(=O)O)CC2)cc1. The number of nitrogens with zero attached hydrogens (tertiary/aromatic N) is 1. The summed E-state index contributed by atoms with van der Waals surface area (Å²) in [6.45, 7) is 0. The lowest BCUT2D eigenvalue weighted by atomic mass is 9.87. The molecule has 1 aliphatic carbocycles. The fourth-order valence-electron chi connectivity index (χ4n) is 2.23. The van der Waals surface area contributed by atoms with Crippen LogP contribution in [0.1, 0.15) is 31.2 Å². The van der Waals surface area contributed by atoms with E-state index in [9.17, 15) is 4.79 Å². The van der Waals surface area contributed by atoms with Crippen LogP contribution in [0.25, 0.3) is 0 Å². The Balaban J connectivity index is 1.87. The molecule has 0 saturated heterocycles. The lowest BCUT2D eigenvalue weighted by molar-refractivity contribution is -0.143. The summed E-state index contributed by atoms with van der Waals surface area (Å²) in [5.74, 6) is -0.176. The number of hydrogen-bond acceptors (Lipinski definition) is 3. The van der Waals surface area contributed by atoms with E-state index in [1.165, 1.54) is 0 Å². The van der Waals surface area contributed by atoms with Crippen molar-refractivity contribution < 1.29 is 14.6 Å². The number of rotatable bonds is 3. The number of ether oxygens (including phenoxy) is 1. The molecule has 1 aromatic carbocycles. The Morgan fingerprint density at radius 1 is 1.22 bits per heavy atom. The number of carbonyl (C=O) groups is 1. The largest absolute Gasteiger partial charge is 0.490 e. The number of hydrogen-bond donors (Lipinski definition) is 1. The first-order valence-electron chi connectivity index (χ1n) is 6.08. The molecule has 1 aromatic rings. The van der Waals surface area contributed by atoms with Crippen molar-refractivity contribution >= 4 is 5.97 Å². The summed E-state index contributed by atoms with van der Waals surface area (Å²) in [7, 11) is 0. The Morgan fingerprint density at radius 3 is 2.33 bits per heavy atom. The molecule has 1 saturated carbocycles. The van der Waals surface area contributed by atoms with E-state index < -0.39 is 5.97 Å². The molecule has 4 heteroatoms. The minimum Gasteiger partial charge on any atom is -0.490 e. The molecular formula is C14H15NO3. The monoisotopic (exact) mass is 245 g/mol. The highest BCUT2D eigenvalue weighted by Gasteiger charge is 2.26. The Labute approximate surface area is 106 Å². The van der Waals surface area contributed by atoms with Gasteiger partial charge >= 0.3 is 5.97 Å². The van der Waals surface area contributed by atoms with Gasteiger partial charge in [-0.2, -0.15) is 5.26 Å². The van der Waals surface area contributed by atoms with Crippen molar-refractivity contribution in [2.45, 2.75) is 31.8 Å². The maximum absolute atomic E-state index is 10.8. The highest BCUT2D eigenvalue weighted by molar-refractivity contribution is 5.70. The first-order chi connectivity index (χ1) is 8.69. The highest BCUT2D eigenvalue weighted by atomic mass is 16.5.